The zero-order valence-electron chi connectivity index (χ0n) is 12.9. The minimum atomic E-state index is -0.292. The molecule has 1 heterocycles. The van der Waals surface area contributed by atoms with Gasteiger partial charge >= 0.3 is 6.03 Å². The summed E-state index contributed by atoms with van der Waals surface area (Å²) in [5.74, 6) is 0.362. The third-order valence-electron chi connectivity index (χ3n) is 3.35. The predicted molar refractivity (Wildman–Crippen MR) is 96.8 cm³/mol. The molecule has 0 saturated carbocycles. The smallest absolute Gasteiger partial charge is 0.319 e. The molecular formula is C17H15Cl2N3O2. The van der Waals surface area contributed by atoms with E-state index in [0.29, 0.717) is 44.8 Å². The van der Waals surface area contributed by atoms with Crippen LogP contribution in [0.2, 0.25) is 10.0 Å². The van der Waals surface area contributed by atoms with Gasteiger partial charge in [-0.15, -0.1) is 0 Å². The van der Waals surface area contributed by atoms with Crippen LogP contribution in [0, 0.1) is 0 Å². The molecule has 2 amide bonds. The summed E-state index contributed by atoms with van der Waals surface area (Å²) in [4.78, 5) is 16.4. The minimum absolute atomic E-state index is 0.292. The number of carbonyl (C=O) groups excluding carboxylic acids is 1. The number of fused-ring (bicyclic) bond motifs is 1. The number of anilines is 1. The van der Waals surface area contributed by atoms with Crippen molar-refractivity contribution in [3.8, 4) is 11.5 Å². The molecule has 2 N–H and O–H groups in total. The molecule has 0 bridgehead atoms. The van der Waals surface area contributed by atoms with Crippen LogP contribution < -0.4 is 10.6 Å². The van der Waals surface area contributed by atoms with Gasteiger partial charge in [0, 0.05) is 16.6 Å². The number of hydrogen-bond donors (Lipinski definition) is 2. The van der Waals surface area contributed by atoms with E-state index < -0.39 is 0 Å². The predicted octanol–water partition coefficient (Wildman–Crippen LogP) is 5.33. The van der Waals surface area contributed by atoms with Gasteiger partial charge in [0.1, 0.15) is 5.52 Å². The molecule has 24 heavy (non-hydrogen) atoms. The Kier molecular flexibility index (Phi) is 4.92. The summed E-state index contributed by atoms with van der Waals surface area (Å²) in [5, 5.41) is 6.64. The van der Waals surface area contributed by atoms with Crippen LogP contribution in [0.1, 0.15) is 13.3 Å². The first kappa shape index (κ1) is 16.6. The number of benzene rings is 2. The SMILES string of the molecule is CCCNC(=O)Nc1ccc(Cl)cc1-c1nc2cc(Cl)ccc2o1. The van der Waals surface area contributed by atoms with Crippen molar-refractivity contribution in [2.24, 2.45) is 0 Å². The normalized spacial score (nSPS) is 10.8. The Morgan fingerprint density at radius 3 is 2.71 bits per heavy atom. The van der Waals surface area contributed by atoms with Crippen LogP contribution >= 0.6 is 23.2 Å². The van der Waals surface area contributed by atoms with E-state index in [0.717, 1.165) is 6.42 Å². The van der Waals surface area contributed by atoms with Crippen molar-refractivity contribution < 1.29 is 9.21 Å². The van der Waals surface area contributed by atoms with Gasteiger partial charge in [0.15, 0.2) is 5.58 Å². The maximum atomic E-state index is 11.9. The number of urea groups is 1. The van der Waals surface area contributed by atoms with Crippen molar-refractivity contribution in [1.29, 1.82) is 0 Å². The lowest BCUT2D eigenvalue weighted by molar-refractivity contribution is 0.252. The summed E-state index contributed by atoms with van der Waals surface area (Å²) >= 11 is 12.1. The Bertz CT molecular complexity index is 893. The summed E-state index contributed by atoms with van der Waals surface area (Å²) in [6, 6.07) is 10.0. The van der Waals surface area contributed by atoms with Gasteiger partial charge < -0.3 is 15.1 Å². The number of rotatable bonds is 4. The molecule has 0 aliphatic carbocycles. The van der Waals surface area contributed by atoms with Crippen molar-refractivity contribution in [2.45, 2.75) is 13.3 Å². The molecule has 5 nitrogen and oxygen atoms in total. The fourth-order valence-corrected chi connectivity index (χ4v) is 2.56. The third kappa shape index (κ3) is 3.63. The van der Waals surface area contributed by atoms with Crippen LogP contribution in [0.3, 0.4) is 0 Å². The molecule has 0 fully saturated rings. The van der Waals surface area contributed by atoms with Gasteiger partial charge in [0.2, 0.25) is 5.89 Å². The first-order chi connectivity index (χ1) is 11.6. The molecular weight excluding hydrogens is 349 g/mol. The number of halogens is 2. The zero-order valence-corrected chi connectivity index (χ0v) is 14.4. The van der Waals surface area contributed by atoms with Crippen LogP contribution in [0.15, 0.2) is 40.8 Å². The number of hydrogen-bond acceptors (Lipinski definition) is 3. The number of nitrogens with zero attached hydrogens (tertiary/aromatic N) is 1. The van der Waals surface area contributed by atoms with Gasteiger partial charge in [-0.05, 0) is 42.8 Å². The fraction of sp³-hybridized carbons (Fsp3) is 0.176. The van der Waals surface area contributed by atoms with Gasteiger partial charge in [-0.2, -0.15) is 0 Å². The molecule has 7 heteroatoms. The molecule has 0 spiro atoms. The maximum absolute atomic E-state index is 11.9. The zero-order chi connectivity index (χ0) is 17.1. The molecule has 0 aliphatic rings. The fourth-order valence-electron chi connectivity index (χ4n) is 2.22. The summed E-state index contributed by atoms with van der Waals surface area (Å²) in [6.45, 7) is 2.58. The minimum Gasteiger partial charge on any atom is -0.436 e. The van der Waals surface area contributed by atoms with Crippen molar-refractivity contribution >= 4 is 46.0 Å². The quantitative estimate of drug-likeness (QED) is 0.657. The number of oxazole rings is 1. The van der Waals surface area contributed by atoms with E-state index >= 15 is 0 Å². The first-order valence-corrected chi connectivity index (χ1v) is 8.23. The molecule has 0 aliphatic heterocycles. The number of nitrogens with one attached hydrogen (secondary N) is 2. The number of carbonyl (C=O) groups is 1. The molecule has 2 aromatic carbocycles. The van der Waals surface area contributed by atoms with Gasteiger partial charge in [-0.3, -0.25) is 0 Å². The molecule has 0 unspecified atom stereocenters. The number of aromatic nitrogens is 1. The van der Waals surface area contributed by atoms with E-state index in [9.17, 15) is 4.79 Å². The highest BCUT2D eigenvalue weighted by Crippen LogP contribution is 2.33. The Morgan fingerprint density at radius 2 is 1.92 bits per heavy atom. The highest BCUT2D eigenvalue weighted by atomic mass is 35.5. The Labute approximate surface area is 149 Å². The second-order valence-electron chi connectivity index (χ2n) is 5.20. The lowest BCUT2D eigenvalue weighted by Gasteiger charge is -2.10. The van der Waals surface area contributed by atoms with Gasteiger partial charge in [0.05, 0.1) is 11.3 Å². The Morgan fingerprint density at radius 1 is 1.17 bits per heavy atom. The Hall–Kier alpha value is -2.24. The summed E-state index contributed by atoms with van der Waals surface area (Å²) in [6.07, 6.45) is 0.854. The van der Waals surface area contributed by atoms with Crippen molar-refractivity contribution in [2.75, 3.05) is 11.9 Å². The average molecular weight is 364 g/mol. The van der Waals surface area contributed by atoms with E-state index in [1.165, 1.54) is 0 Å². The van der Waals surface area contributed by atoms with E-state index in [1.54, 1.807) is 36.4 Å². The molecule has 124 valence electrons. The molecule has 1 aromatic heterocycles. The largest absolute Gasteiger partial charge is 0.436 e. The van der Waals surface area contributed by atoms with E-state index in [1.807, 2.05) is 6.92 Å². The maximum Gasteiger partial charge on any atom is 0.319 e. The molecule has 3 rings (SSSR count). The molecule has 0 atom stereocenters. The molecule has 0 saturated heterocycles. The van der Waals surface area contributed by atoms with Crippen LogP contribution in [0.5, 0.6) is 0 Å². The van der Waals surface area contributed by atoms with Crippen LogP contribution in [-0.4, -0.2) is 17.6 Å². The second kappa shape index (κ2) is 7.11. The van der Waals surface area contributed by atoms with E-state index in [-0.39, 0.29) is 6.03 Å². The van der Waals surface area contributed by atoms with Crippen molar-refractivity contribution in [1.82, 2.24) is 10.3 Å². The standard InChI is InChI=1S/C17H15Cl2N3O2/c1-2-7-20-17(23)22-13-5-3-10(18)8-12(13)16-21-14-9-11(19)4-6-15(14)24-16/h3-6,8-9H,2,7H2,1H3,(H2,20,22,23). The van der Waals surface area contributed by atoms with Crippen molar-refractivity contribution in [3.05, 3.63) is 46.4 Å². The second-order valence-corrected chi connectivity index (χ2v) is 6.07. The van der Waals surface area contributed by atoms with Gasteiger partial charge in [-0.25, -0.2) is 9.78 Å². The summed E-state index contributed by atoms with van der Waals surface area (Å²) in [5.41, 5.74) is 2.40. The lowest BCUT2D eigenvalue weighted by atomic mass is 10.1. The van der Waals surface area contributed by atoms with Crippen LogP contribution in [0.25, 0.3) is 22.6 Å². The Balaban J connectivity index is 1.98. The molecule has 3 aromatic rings. The average Bonchev–Trinajstić information content (AvgIpc) is 2.97. The van der Waals surface area contributed by atoms with E-state index in [4.69, 9.17) is 27.6 Å². The highest BCUT2D eigenvalue weighted by molar-refractivity contribution is 6.31. The topological polar surface area (TPSA) is 67.2 Å². The monoisotopic (exact) mass is 363 g/mol. The van der Waals surface area contributed by atoms with Crippen molar-refractivity contribution in [3.63, 3.8) is 0 Å². The van der Waals surface area contributed by atoms with Crippen LogP contribution in [-0.2, 0) is 0 Å². The highest BCUT2D eigenvalue weighted by Gasteiger charge is 2.15. The van der Waals surface area contributed by atoms with Crippen LogP contribution in [0.4, 0.5) is 10.5 Å². The van der Waals surface area contributed by atoms with E-state index in [2.05, 4.69) is 15.6 Å². The summed E-state index contributed by atoms with van der Waals surface area (Å²) in [7, 11) is 0. The first-order valence-electron chi connectivity index (χ1n) is 7.47. The lowest BCUT2D eigenvalue weighted by Crippen LogP contribution is -2.29. The molecule has 0 radical (unpaired) electrons. The summed E-state index contributed by atoms with van der Waals surface area (Å²) < 4.78 is 5.77. The van der Waals surface area contributed by atoms with Gasteiger partial charge in [-0.1, -0.05) is 30.1 Å². The number of amides is 2. The van der Waals surface area contributed by atoms with Gasteiger partial charge in [0.25, 0.3) is 0 Å². The third-order valence-corrected chi connectivity index (χ3v) is 3.82.